The van der Waals surface area contributed by atoms with Gasteiger partial charge in [0.05, 0.1) is 5.75 Å². The first-order valence-corrected chi connectivity index (χ1v) is 9.79. The molecule has 0 unspecified atom stereocenters. The van der Waals surface area contributed by atoms with E-state index in [0.717, 1.165) is 5.56 Å². The lowest BCUT2D eigenvalue weighted by Crippen LogP contribution is -2.36. The number of urea groups is 1. The third-order valence-electron chi connectivity index (χ3n) is 3.78. The van der Waals surface area contributed by atoms with Crippen molar-refractivity contribution in [2.75, 3.05) is 13.6 Å². The average Bonchev–Trinajstić information content (AvgIpc) is 2.62. The Balaban J connectivity index is 1.74. The van der Waals surface area contributed by atoms with Crippen LogP contribution in [0.25, 0.3) is 0 Å². The zero-order valence-electron chi connectivity index (χ0n) is 14.5. The molecule has 2 aromatic rings. The number of hydrogen-bond donors (Lipinski definition) is 3. The summed E-state index contributed by atoms with van der Waals surface area (Å²) in [7, 11) is -1.93. The minimum absolute atomic E-state index is 0.0895. The Morgan fingerprint density at radius 3 is 2.31 bits per heavy atom. The molecule has 0 atom stereocenters. The second-order valence-corrected chi connectivity index (χ2v) is 7.66. The molecule has 0 saturated carbocycles. The smallest absolute Gasteiger partial charge is 0.315 e. The number of carbonyl (C=O) groups excluding carboxylic acids is 1. The average molecular weight is 379 g/mol. The molecule has 0 aliphatic heterocycles. The molecule has 2 aromatic carbocycles. The van der Waals surface area contributed by atoms with E-state index in [2.05, 4.69) is 15.4 Å². The van der Waals surface area contributed by atoms with Gasteiger partial charge in [0.1, 0.15) is 5.82 Å². The minimum Gasteiger partial charge on any atom is -0.338 e. The molecule has 0 aliphatic carbocycles. The highest BCUT2D eigenvalue weighted by Gasteiger charge is 2.08. The van der Waals surface area contributed by atoms with Gasteiger partial charge in [-0.2, -0.15) is 0 Å². The van der Waals surface area contributed by atoms with Crippen molar-refractivity contribution in [2.45, 2.75) is 18.7 Å². The fourth-order valence-corrected chi connectivity index (χ4v) is 3.08. The van der Waals surface area contributed by atoms with Crippen molar-refractivity contribution in [3.05, 3.63) is 71.0 Å². The summed E-state index contributed by atoms with van der Waals surface area (Å²) >= 11 is 0. The fourth-order valence-electron chi connectivity index (χ4n) is 2.30. The van der Waals surface area contributed by atoms with Gasteiger partial charge in [-0.15, -0.1) is 0 Å². The summed E-state index contributed by atoms with van der Waals surface area (Å²) < 4.78 is 38.7. The molecule has 0 bridgehead atoms. The zero-order valence-corrected chi connectivity index (χ0v) is 15.3. The first-order valence-electron chi connectivity index (χ1n) is 8.14. The SMILES string of the molecule is CNS(=O)(=O)Cc1ccc(CNC(=O)NCCc2ccccc2F)cc1. The van der Waals surface area contributed by atoms with Gasteiger partial charge in [0.2, 0.25) is 10.0 Å². The topological polar surface area (TPSA) is 87.3 Å². The number of benzene rings is 2. The van der Waals surface area contributed by atoms with Gasteiger partial charge in [0, 0.05) is 13.1 Å². The van der Waals surface area contributed by atoms with Gasteiger partial charge in [0.15, 0.2) is 0 Å². The predicted octanol–water partition coefficient (Wildman–Crippen LogP) is 1.92. The van der Waals surface area contributed by atoms with Crippen LogP contribution in [0, 0.1) is 5.82 Å². The number of sulfonamides is 1. The van der Waals surface area contributed by atoms with Crippen LogP contribution in [0.3, 0.4) is 0 Å². The fraction of sp³-hybridized carbons (Fsp3) is 0.278. The van der Waals surface area contributed by atoms with E-state index in [1.54, 1.807) is 42.5 Å². The second kappa shape index (κ2) is 9.30. The molecule has 0 fully saturated rings. The highest BCUT2D eigenvalue weighted by molar-refractivity contribution is 7.88. The van der Waals surface area contributed by atoms with Crippen molar-refractivity contribution in [3.8, 4) is 0 Å². The van der Waals surface area contributed by atoms with Crippen LogP contribution >= 0.6 is 0 Å². The van der Waals surface area contributed by atoms with E-state index in [9.17, 15) is 17.6 Å². The third-order valence-corrected chi connectivity index (χ3v) is 5.12. The summed E-state index contributed by atoms with van der Waals surface area (Å²) in [5, 5.41) is 5.38. The Hall–Kier alpha value is -2.45. The van der Waals surface area contributed by atoms with Crippen molar-refractivity contribution in [1.29, 1.82) is 0 Å². The summed E-state index contributed by atoms with van der Waals surface area (Å²) in [6.07, 6.45) is 0.411. The lowest BCUT2D eigenvalue weighted by atomic mass is 10.1. The molecular weight excluding hydrogens is 357 g/mol. The molecule has 0 radical (unpaired) electrons. The van der Waals surface area contributed by atoms with Crippen LogP contribution in [-0.4, -0.2) is 28.0 Å². The monoisotopic (exact) mass is 379 g/mol. The van der Waals surface area contributed by atoms with E-state index in [0.29, 0.717) is 30.6 Å². The first-order chi connectivity index (χ1) is 12.4. The van der Waals surface area contributed by atoms with Crippen molar-refractivity contribution in [3.63, 3.8) is 0 Å². The van der Waals surface area contributed by atoms with Crippen LogP contribution in [-0.2, 0) is 28.7 Å². The molecule has 140 valence electrons. The molecule has 6 nitrogen and oxygen atoms in total. The molecule has 2 amide bonds. The van der Waals surface area contributed by atoms with Gasteiger partial charge in [0.25, 0.3) is 0 Å². The van der Waals surface area contributed by atoms with Gasteiger partial charge in [-0.05, 0) is 36.2 Å². The molecular formula is C18H22FN3O3S. The minimum atomic E-state index is -3.30. The first kappa shape index (κ1) is 19.9. The number of rotatable bonds is 8. The highest BCUT2D eigenvalue weighted by atomic mass is 32.2. The van der Waals surface area contributed by atoms with Crippen molar-refractivity contribution >= 4 is 16.1 Å². The van der Waals surface area contributed by atoms with Gasteiger partial charge in [-0.3, -0.25) is 0 Å². The quantitative estimate of drug-likeness (QED) is 0.655. The lowest BCUT2D eigenvalue weighted by molar-refractivity contribution is 0.240. The van der Waals surface area contributed by atoms with Crippen LogP contribution in [0.5, 0.6) is 0 Å². The summed E-state index contributed by atoms with van der Waals surface area (Å²) in [4.78, 5) is 11.8. The maximum absolute atomic E-state index is 13.5. The van der Waals surface area contributed by atoms with Gasteiger partial charge >= 0.3 is 6.03 Å². The van der Waals surface area contributed by atoms with Crippen LogP contribution < -0.4 is 15.4 Å². The molecule has 3 N–H and O–H groups in total. The lowest BCUT2D eigenvalue weighted by Gasteiger charge is -2.09. The Bertz CT molecular complexity index is 839. The van der Waals surface area contributed by atoms with E-state index in [-0.39, 0.29) is 17.6 Å². The molecule has 0 heterocycles. The highest BCUT2D eigenvalue weighted by Crippen LogP contribution is 2.08. The van der Waals surface area contributed by atoms with Gasteiger partial charge in [-0.1, -0.05) is 42.5 Å². The molecule has 26 heavy (non-hydrogen) atoms. The molecule has 0 spiro atoms. The zero-order chi connectivity index (χ0) is 19.0. The summed E-state index contributed by atoms with van der Waals surface area (Å²) in [5.41, 5.74) is 2.07. The third kappa shape index (κ3) is 6.45. The number of carbonyl (C=O) groups is 1. The summed E-state index contributed by atoms with van der Waals surface area (Å²) in [6, 6.07) is 13.1. The second-order valence-electron chi connectivity index (χ2n) is 5.73. The van der Waals surface area contributed by atoms with Crippen LogP contribution in [0.4, 0.5) is 9.18 Å². The largest absolute Gasteiger partial charge is 0.338 e. The molecule has 2 rings (SSSR count). The van der Waals surface area contributed by atoms with Gasteiger partial charge < -0.3 is 10.6 Å². The van der Waals surface area contributed by atoms with E-state index >= 15 is 0 Å². The van der Waals surface area contributed by atoms with E-state index in [1.807, 2.05) is 0 Å². The number of amides is 2. The maximum atomic E-state index is 13.5. The van der Waals surface area contributed by atoms with Crippen molar-refractivity contribution in [1.82, 2.24) is 15.4 Å². The van der Waals surface area contributed by atoms with Crippen LogP contribution in [0.15, 0.2) is 48.5 Å². The molecule has 8 heteroatoms. The maximum Gasteiger partial charge on any atom is 0.315 e. The Labute approximate surface area is 152 Å². The number of hydrogen-bond acceptors (Lipinski definition) is 3. The molecule has 0 saturated heterocycles. The Morgan fingerprint density at radius 2 is 1.65 bits per heavy atom. The Kier molecular flexibility index (Phi) is 7.11. The van der Waals surface area contributed by atoms with Crippen molar-refractivity contribution in [2.24, 2.45) is 0 Å². The predicted molar refractivity (Wildman–Crippen MR) is 98.5 cm³/mol. The van der Waals surface area contributed by atoms with Crippen molar-refractivity contribution < 1.29 is 17.6 Å². The molecule has 0 aromatic heterocycles. The number of halogens is 1. The summed E-state index contributed by atoms with van der Waals surface area (Å²) in [5.74, 6) is -0.372. The van der Waals surface area contributed by atoms with Crippen LogP contribution in [0.2, 0.25) is 0 Å². The van der Waals surface area contributed by atoms with E-state index in [1.165, 1.54) is 13.1 Å². The standard InChI is InChI=1S/C18H22FN3O3S/c1-20-26(24,25)13-15-8-6-14(7-9-15)12-22-18(23)21-11-10-16-4-2-3-5-17(16)19/h2-9,20H,10-13H2,1H3,(H2,21,22,23). The van der Waals surface area contributed by atoms with Gasteiger partial charge in [-0.25, -0.2) is 22.3 Å². The van der Waals surface area contributed by atoms with E-state index in [4.69, 9.17) is 0 Å². The normalized spacial score (nSPS) is 11.2. The van der Waals surface area contributed by atoms with E-state index < -0.39 is 10.0 Å². The summed E-state index contributed by atoms with van der Waals surface area (Å²) in [6.45, 7) is 0.637. The van der Waals surface area contributed by atoms with Crippen LogP contribution in [0.1, 0.15) is 16.7 Å². The Morgan fingerprint density at radius 1 is 1.00 bits per heavy atom. The molecule has 0 aliphatic rings. The number of nitrogens with one attached hydrogen (secondary N) is 3.